The Kier molecular flexibility index (Phi) is 1.67. The molecule has 0 saturated heterocycles. The van der Waals surface area contributed by atoms with Crippen molar-refractivity contribution in [2.75, 3.05) is 0 Å². The fourth-order valence-electron chi connectivity index (χ4n) is 1.86. The summed E-state index contributed by atoms with van der Waals surface area (Å²) in [4.78, 5) is 3.23. The van der Waals surface area contributed by atoms with Gasteiger partial charge in [-0.15, -0.1) is 0 Å². The van der Waals surface area contributed by atoms with Crippen LogP contribution in [0.3, 0.4) is 0 Å². The molecule has 0 aliphatic heterocycles. The summed E-state index contributed by atoms with van der Waals surface area (Å²) < 4.78 is 0. The van der Waals surface area contributed by atoms with Crippen LogP contribution in [0.1, 0.15) is 0 Å². The lowest BCUT2D eigenvalue weighted by Gasteiger charge is -1.96. The molecule has 0 bridgehead atoms. The second-order valence-electron chi connectivity index (χ2n) is 3.52. The third-order valence-electron chi connectivity index (χ3n) is 2.57. The Bertz CT molecular complexity index is 657. The maximum atomic E-state index is 9.49. The average Bonchev–Trinajstić information content (AvgIpc) is 2.57. The van der Waals surface area contributed by atoms with E-state index in [0.717, 1.165) is 21.8 Å². The number of hydrogen-bond donors (Lipinski definition) is 2. The van der Waals surface area contributed by atoms with Gasteiger partial charge in [-0.2, -0.15) is 0 Å². The molecule has 0 aliphatic carbocycles. The van der Waals surface area contributed by atoms with E-state index < -0.39 is 0 Å². The molecule has 0 atom stereocenters. The smallest absolute Gasteiger partial charge is 0.136 e. The average molecular weight is 218 g/mol. The van der Waals surface area contributed by atoms with Crippen LogP contribution in [0.25, 0.3) is 21.8 Å². The fraction of sp³-hybridized carbons (Fsp3) is 0. The van der Waals surface area contributed by atoms with Crippen LogP contribution in [0.5, 0.6) is 5.75 Å². The standard InChI is InChI=1S/C12H8ClNO/c13-9-5-8-7-3-1-2-4-10(7)14-11(8)6-12(9)15/h1-6,14-15H. The summed E-state index contributed by atoms with van der Waals surface area (Å²) in [7, 11) is 0. The number of aromatic nitrogens is 1. The summed E-state index contributed by atoms with van der Waals surface area (Å²) in [6.45, 7) is 0. The Morgan fingerprint density at radius 3 is 2.67 bits per heavy atom. The number of halogens is 1. The van der Waals surface area contributed by atoms with Crippen LogP contribution in [0.4, 0.5) is 0 Å². The van der Waals surface area contributed by atoms with Gasteiger partial charge in [-0.1, -0.05) is 29.8 Å². The molecular formula is C12H8ClNO. The first-order valence-electron chi connectivity index (χ1n) is 4.64. The molecule has 0 amide bonds. The van der Waals surface area contributed by atoms with Gasteiger partial charge in [0.1, 0.15) is 5.75 Å². The quantitative estimate of drug-likeness (QED) is 0.592. The van der Waals surface area contributed by atoms with Crippen molar-refractivity contribution in [3.8, 4) is 5.75 Å². The van der Waals surface area contributed by atoms with Gasteiger partial charge < -0.3 is 10.1 Å². The third kappa shape index (κ3) is 1.18. The zero-order valence-electron chi connectivity index (χ0n) is 7.79. The van der Waals surface area contributed by atoms with E-state index >= 15 is 0 Å². The lowest BCUT2D eigenvalue weighted by Crippen LogP contribution is -1.70. The highest BCUT2D eigenvalue weighted by atomic mass is 35.5. The number of phenols is 1. The summed E-state index contributed by atoms with van der Waals surface area (Å²) in [6, 6.07) is 11.4. The Balaban J connectivity index is 2.56. The molecule has 1 aromatic heterocycles. The van der Waals surface area contributed by atoms with Crippen molar-refractivity contribution < 1.29 is 5.11 Å². The third-order valence-corrected chi connectivity index (χ3v) is 2.88. The van der Waals surface area contributed by atoms with E-state index in [1.807, 2.05) is 24.3 Å². The number of hydrogen-bond acceptors (Lipinski definition) is 1. The van der Waals surface area contributed by atoms with Gasteiger partial charge >= 0.3 is 0 Å². The molecule has 0 aliphatic rings. The molecule has 15 heavy (non-hydrogen) atoms. The van der Waals surface area contributed by atoms with Crippen LogP contribution >= 0.6 is 11.6 Å². The van der Waals surface area contributed by atoms with Crippen molar-refractivity contribution in [3.63, 3.8) is 0 Å². The van der Waals surface area contributed by atoms with Crippen molar-refractivity contribution in [1.82, 2.24) is 4.98 Å². The highest BCUT2D eigenvalue weighted by Gasteiger charge is 2.06. The minimum Gasteiger partial charge on any atom is -0.506 e. The molecule has 0 saturated carbocycles. The number of para-hydroxylation sites is 1. The summed E-state index contributed by atoms with van der Waals surface area (Å²) in [5, 5.41) is 12.0. The number of H-pyrrole nitrogens is 1. The SMILES string of the molecule is Oc1cc2[nH]c3ccccc3c2cc1Cl. The normalized spacial score (nSPS) is 11.3. The molecule has 2 N–H and O–H groups in total. The first kappa shape index (κ1) is 8.62. The molecule has 3 heteroatoms. The molecular weight excluding hydrogens is 210 g/mol. The Morgan fingerprint density at radius 1 is 1.00 bits per heavy atom. The van der Waals surface area contributed by atoms with Gasteiger partial charge in [-0.25, -0.2) is 0 Å². The maximum absolute atomic E-state index is 9.49. The van der Waals surface area contributed by atoms with E-state index in [0.29, 0.717) is 5.02 Å². The summed E-state index contributed by atoms with van der Waals surface area (Å²) in [5.41, 5.74) is 1.95. The molecule has 2 nitrogen and oxygen atoms in total. The van der Waals surface area contributed by atoms with E-state index in [1.165, 1.54) is 0 Å². The molecule has 74 valence electrons. The van der Waals surface area contributed by atoms with E-state index in [9.17, 15) is 5.11 Å². The van der Waals surface area contributed by atoms with Crippen molar-refractivity contribution >= 4 is 33.4 Å². The second kappa shape index (κ2) is 2.91. The van der Waals surface area contributed by atoms with Crippen molar-refractivity contribution in [2.24, 2.45) is 0 Å². The van der Waals surface area contributed by atoms with Gasteiger partial charge in [0.2, 0.25) is 0 Å². The van der Waals surface area contributed by atoms with Gasteiger partial charge in [0.15, 0.2) is 0 Å². The zero-order valence-corrected chi connectivity index (χ0v) is 8.55. The van der Waals surface area contributed by atoms with Gasteiger partial charge in [0.05, 0.1) is 10.5 Å². The number of fused-ring (bicyclic) bond motifs is 3. The Morgan fingerprint density at radius 2 is 1.80 bits per heavy atom. The largest absolute Gasteiger partial charge is 0.506 e. The first-order chi connectivity index (χ1) is 7.25. The van der Waals surface area contributed by atoms with E-state index in [2.05, 4.69) is 4.98 Å². The van der Waals surface area contributed by atoms with E-state index in [1.54, 1.807) is 12.1 Å². The first-order valence-corrected chi connectivity index (χ1v) is 5.02. The van der Waals surface area contributed by atoms with Gasteiger partial charge in [-0.3, -0.25) is 0 Å². The van der Waals surface area contributed by atoms with Crippen LogP contribution in [0.15, 0.2) is 36.4 Å². The highest BCUT2D eigenvalue weighted by Crippen LogP contribution is 2.32. The minimum absolute atomic E-state index is 0.107. The number of nitrogens with one attached hydrogen (secondary N) is 1. The van der Waals surface area contributed by atoms with Crippen LogP contribution in [-0.2, 0) is 0 Å². The Hall–Kier alpha value is -1.67. The fourth-order valence-corrected chi connectivity index (χ4v) is 2.02. The molecule has 1 heterocycles. The number of aromatic hydroxyl groups is 1. The van der Waals surface area contributed by atoms with Crippen molar-refractivity contribution in [1.29, 1.82) is 0 Å². The van der Waals surface area contributed by atoms with E-state index in [-0.39, 0.29) is 5.75 Å². The van der Waals surface area contributed by atoms with Crippen LogP contribution in [0.2, 0.25) is 5.02 Å². The van der Waals surface area contributed by atoms with E-state index in [4.69, 9.17) is 11.6 Å². The predicted molar refractivity (Wildman–Crippen MR) is 62.5 cm³/mol. The van der Waals surface area contributed by atoms with Gasteiger partial charge in [0.25, 0.3) is 0 Å². The van der Waals surface area contributed by atoms with Crippen LogP contribution in [0, 0.1) is 0 Å². The molecule has 0 unspecified atom stereocenters. The topological polar surface area (TPSA) is 36.0 Å². The van der Waals surface area contributed by atoms with Gasteiger partial charge in [-0.05, 0) is 12.1 Å². The van der Waals surface area contributed by atoms with Crippen LogP contribution in [-0.4, -0.2) is 10.1 Å². The second-order valence-corrected chi connectivity index (χ2v) is 3.93. The summed E-state index contributed by atoms with van der Waals surface area (Å²) in [6.07, 6.45) is 0. The highest BCUT2D eigenvalue weighted by molar-refractivity contribution is 6.33. The summed E-state index contributed by atoms with van der Waals surface area (Å²) in [5.74, 6) is 0.107. The molecule has 2 aromatic carbocycles. The summed E-state index contributed by atoms with van der Waals surface area (Å²) >= 11 is 5.88. The van der Waals surface area contributed by atoms with Crippen molar-refractivity contribution in [2.45, 2.75) is 0 Å². The monoisotopic (exact) mass is 217 g/mol. The number of benzene rings is 2. The maximum Gasteiger partial charge on any atom is 0.136 e. The Labute approximate surface area is 91.1 Å². The lowest BCUT2D eigenvalue weighted by molar-refractivity contribution is 0.476. The number of rotatable bonds is 0. The van der Waals surface area contributed by atoms with Gasteiger partial charge in [0, 0.05) is 22.4 Å². The molecule has 0 radical (unpaired) electrons. The van der Waals surface area contributed by atoms with Crippen molar-refractivity contribution in [3.05, 3.63) is 41.4 Å². The minimum atomic E-state index is 0.107. The number of phenolic OH excluding ortho intramolecular Hbond substituents is 1. The molecule has 3 rings (SSSR count). The molecule has 3 aromatic rings. The predicted octanol–water partition coefficient (Wildman–Crippen LogP) is 3.68. The zero-order chi connectivity index (χ0) is 10.4. The molecule has 0 fully saturated rings. The van der Waals surface area contributed by atoms with Crippen LogP contribution < -0.4 is 0 Å². The molecule has 0 spiro atoms. The lowest BCUT2D eigenvalue weighted by atomic mass is 10.1. The number of aromatic amines is 1.